The second-order valence-electron chi connectivity index (χ2n) is 23.5. The SMILES string of the molecule is CC(C)(C)c1ccc(N2B3c4cc5c(cc4-n4c6cc7c(cc6c6c8sc9ccccc9c8c(c3c64)-c3cc4sc6ccccc6c4cc32)C(C)(C)CCC7(C)C)C(C)(C)c2ccccc2-5)cc1. The maximum Gasteiger partial charge on any atom is 0.333 e. The standard InChI is InChI=1S/C63H53BN2S2/c1-60(2,3)34-22-24-35(25-23-34)66-49-30-40-37-17-11-14-20-51(37)67-53(40)31-42(49)54-55-38-18-12-15-21-52(38)68-59(55)56-41-28-45-46(62(6,7)27-26-61(45,4)5)33-48(41)65-50-32-44-39(29-47(50)64(66)57(54)58(56)65)36-16-10-13-19-43(36)63(44,8)9/h10-25,28-33H,26-27H2,1-9H3. The fraction of sp³-hybridized carbons (Fsp3) is 0.238. The number of hydrogen-bond acceptors (Lipinski definition) is 3. The second-order valence-corrected chi connectivity index (χ2v) is 25.6. The van der Waals surface area contributed by atoms with Crippen molar-refractivity contribution in [2.24, 2.45) is 0 Å². The van der Waals surface area contributed by atoms with Crippen molar-refractivity contribution in [3.05, 3.63) is 161 Å². The molecule has 5 heterocycles. The first kappa shape index (κ1) is 39.8. The molecular formula is C63H53BN2S2. The van der Waals surface area contributed by atoms with E-state index in [2.05, 4.69) is 205 Å². The predicted octanol–water partition coefficient (Wildman–Crippen LogP) is 16.7. The average Bonchev–Trinajstić information content (AvgIpc) is 4.05. The van der Waals surface area contributed by atoms with Crippen LogP contribution in [0.5, 0.6) is 0 Å². The molecule has 0 radical (unpaired) electrons. The predicted molar refractivity (Wildman–Crippen MR) is 297 cm³/mol. The van der Waals surface area contributed by atoms with Crippen molar-refractivity contribution in [3.63, 3.8) is 0 Å². The van der Waals surface area contributed by atoms with Gasteiger partial charge in [-0.15, -0.1) is 22.7 Å². The van der Waals surface area contributed by atoms with Gasteiger partial charge in [0.25, 0.3) is 0 Å². The van der Waals surface area contributed by atoms with Crippen molar-refractivity contribution in [2.45, 2.75) is 96.8 Å². The molecule has 0 saturated heterocycles. The van der Waals surface area contributed by atoms with Crippen LogP contribution >= 0.6 is 22.7 Å². The van der Waals surface area contributed by atoms with Gasteiger partial charge >= 0.3 is 6.85 Å². The lowest BCUT2D eigenvalue weighted by Crippen LogP contribution is -2.60. The number of rotatable bonds is 1. The highest BCUT2D eigenvalue weighted by atomic mass is 32.1. The molecule has 11 aromatic rings. The Balaban J connectivity index is 1.20. The van der Waals surface area contributed by atoms with Gasteiger partial charge in [-0.1, -0.05) is 141 Å². The van der Waals surface area contributed by atoms with Crippen LogP contribution in [0.25, 0.3) is 90.1 Å². The normalized spacial score (nSPS) is 17.1. The molecule has 0 unspecified atom stereocenters. The zero-order valence-corrected chi connectivity index (χ0v) is 42.0. The molecule has 0 fully saturated rings. The first-order chi connectivity index (χ1) is 32.6. The Morgan fingerprint density at radius 2 is 1.21 bits per heavy atom. The lowest BCUT2D eigenvalue weighted by molar-refractivity contribution is 0.332. The van der Waals surface area contributed by atoms with Crippen LogP contribution in [0.1, 0.15) is 103 Å². The van der Waals surface area contributed by atoms with Gasteiger partial charge in [-0.2, -0.15) is 0 Å². The summed E-state index contributed by atoms with van der Waals surface area (Å²) < 4.78 is 8.23. The summed E-state index contributed by atoms with van der Waals surface area (Å²) >= 11 is 3.94. The highest BCUT2D eigenvalue weighted by molar-refractivity contribution is 7.27. The van der Waals surface area contributed by atoms with Crippen LogP contribution in [0.2, 0.25) is 0 Å². The highest BCUT2D eigenvalue weighted by Crippen LogP contribution is 2.57. The summed E-state index contributed by atoms with van der Waals surface area (Å²) in [4.78, 5) is 2.77. The van der Waals surface area contributed by atoms with Crippen LogP contribution in [0.4, 0.5) is 11.4 Å². The fourth-order valence-corrected chi connectivity index (χ4v) is 16.0. The lowest BCUT2D eigenvalue weighted by Gasteiger charge is -2.43. The fourth-order valence-electron chi connectivity index (χ4n) is 13.6. The second kappa shape index (κ2) is 12.7. The largest absolute Gasteiger partial charge is 0.376 e. The van der Waals surface area contributed by atoms with Gasteiger partial charge in [0.1, 0.15) is 0 Å². The van der Waals surface area contributed by atoms with Crippen LogP contribution in [-0.4, -0.2) is 11.4 Å². The summed E-state index contributed by atoms with van der Waals surface area (Å²) in [7, 11) is 0. The molecule has 4 aliphatic rings. The quantitative estimate of drug-likeness (QED) is 0.149. The molecule has 2 aliphatic heterocycles. The number of benzene rings is 8. The third-order valence-corrected chi connectivity index (χ3v) is 19.7. The molecule has 2 aliphatic carbocycles. The number of thiophene rings is 2. The van der Waals surface area contributed by atoms with Crippen LogP contribution in [0, 0.1) is 0 Å². The van der Waals surface area contributed by atoms with E-state index in [0.717, 1.165) is 0 Å². The van der Waals surface area contributed by atoms with Gasteiger partial charge in [0.15, 0.2) is 0 Å². The first-order valence-corrected chi connectivity index (χ1v) is 26.4. The van der Waals surface area contributed by atoms with Gasteiger partial charge in [-0.25, -0.2) is 0 Å². The van der Waals surface area contributed by atoms with Crippen molar-refractivity contribution in [1.29, 1.82) is 0 Å². The third-order valence-electron chi connectivity index (χ3n) is 17.4. The van der Waals surface area contributed by atoms with Gasteiger partial charge in [0.2, 0.25) is 0 Å². The minimum Gasteiger partial charge on any atom is -0.376 e. The van der Waals surface area contributed by atoms with Crippen LogP contribution in [-0.2, 0) is 21.7 Å². The van der Waals surface area contributed by atoms with E-state index in [1.807, 2.05) is 22.7 Å². The van der Waals surface area contributed by atoms with Gasteiger partial charge < -0.3 is 9.38 Å². The van der Waals surface area contributed by atoms with Gasteiger partial charge in [0.05, 0.1) is 11.0 Å². The maximum atomic E-state index is 2.78. The van der Waals surface area contributed by atoms with E-state index in [0.29, 0.717) is 0 Å². The van der Waals surface area contributed by atoms with Crippen molar-refractivity contribution in [2.75, 3.05) is 4.81 Å². The Labute approximate surface area is 407 Å². The molecule has 0 amide bonds. The molecule has 8 aromatic carbocycles. The molecule has 3 aromatic heterocycles. The van der Waals surface area contributed by atoms with Gasteiger partial charge in [0, 0.05) is 79.2 Å². The molecule has 0 spiro atoms. The monoisotopic (exact) mass is 912 g/mol. The Hall–Kier alpha value is -6.14. The van der Waals surface area contributed by atoms with Crippen molar-refractivity contribution < 1.29 is 0 Å². The summed E-state index contributed by atoms with van der Waals surface area (Å²) in [5.74, 6) is 0. The zero-order valence-electron chi connectivity index (χ0n) is 40.4. The molecule has 0 atom stereocenters. The number of hydrogen-bond donors (Lipinski definition) is 0. The van der Waals surface area contributed by atoms with E-state index < -0.39 is 0 Å². The van der Waals surface area contributed by atoms with Gasteiger partial charge in [-0.05, 0) is 139 Å². The van der Waals surface area contributed by atoms with Crippen molar-refractivity contribution in [3.8, 4) is 27.9 Å². The van der Waals surface area contributed by atoms with E-state index in [9.17, 15) is 0 Å². The van der Waals surface area contributed by atoms with Crippen LogP contribution in [0.3, 0.4) is 0 Å². The average molecular weight is 913 g/mol. The number of aromatic nitrogens is 1. The van der Waals surface area contributed by atoms with E-state index in [-0.39, 0.29) is 28.5 Å². The lowest BCUT2D eigenvalue weighted by atomic mass is 9.43. The molecule has 68 heavy (non-hydrogen) atoms. The zero-order chi connectivity index (χ0) is 46.1. The minimum absolute atomic E-state index is 0.0336. The topological polar surface area (TPSA) is 8.17 Å². The van der Waals surface area contributed by atoms with Crippen molar-refractivity contribution >= 4 is 114 Å². The molecule has 330 valence electrons. The Morgan fingerprint density at radius 1 is 0.529 bits per heavy atom. The molecule has 0 saturated carbocycles. The van der Waals surface area contributed by atoms with E-state index in [1.54, 1.807) is 0 Å². The minimum atomic E-state index is -0.150. The van der Waals surface area contributed by atoms with Crippen LogP contribution < -0.4 is 15.7 Å². The summed E-state index contributed by atoms with van der Waals surface area (Å²) in [6.45, 7) is 21.7. The first-order valence-electron chi connectivity index (χ1n) is 24.7. The highest BCUT2D eigenvalue weighted by Gasteiger charge is 2.48. The summed E-state index contributed by atoms with van der Waals surface area (Å²) in [5, 5.41) is 8.26. The van der Waals surface area contributed by atoms with E-state index >= 15 is 0 Å². The Bertz CT molecular complexity index is 4110. The molecular weight excluding hydrogens is 860 g/mol. The molecule has 5 heteroatoms. The summed E-state index contributed by atoms with van der Waals surface area (Å²) in [6.07, 6.45) is 2.36. The van der Waals surface area contributed by atoms with Crippen molar-refractivity contribution in [1.82, 2.24) is 4.57 Å². The Kier molecular flexibility index (Phi) is 7.46. The molecule has 2 nitrogen and oxygen atoms in total. The van der Waals surface area contributed by atoms with E-state index in [1.165, 1.54) is 153 Å². The molecule has 15 rings (SSSR count). The number of nitrogens with zero attached hydrogens (tertiary/aromatic N) is 2. The molecule has 0 N–H and O–H groups in total. The number of anilines is 2. The summed E-state index contributed by atoms with van der Waals surface area (Å²) in [6, 6.07) is 52.9. The van der Waals surface area contributed by atoms with Crippen LogP contribution in [0.15, 0.2) is 133 Å². The number of fused-ring (bicyclic) bond motifs is 20. The van der Waals surface area contributed by atoms with E-state index in [4.69, 9.17) is 0 Å². The smallest absolute Gasteiger partial charge is 0.333 e. The maximum absolute atomic E-state index is 2.78. The van der Waals surface area contributed by atoms with Gasteiger partial charge in [-0.3, -0.25) is 0 Å². The summed E-state index contributed by atoms with van der Waals surface area (Å²) in [5.41, 5.74) is 22.1. The molecule has 0 bridgehead atoms. The third kappa shape index (κ3) is 4.89. The Morgan fingerprint density at radius 3 is 1.96 bits per heavy atom.